The summed E-state index contributed by atoms with van der Waals surface area (Å²) >= 11 is 0. The third-order valence-corrected chi connectivity index (χ3v) is 7.88. The predicted molar refractivity (Wildman–Crippen MR) is 140 cm³/mol. The van der Waals surface area contributed by atoms with Crippen LogP contribution in [0.15, 0.2) is 47.6 Å². The Kier molecular flexibility index (Phi) is 9.50. The standard InChI is InChI=1S/C26H36N4O6S/c1-6-35-25(31)17-30(24(14-18(3)4)26(32)36-7-2)37(33,34)21-10-8-20(9-11-21)16-29-19(5)28-22-15-27-13-12-23(22)29/h8-13,15,18-19,24,28H,6-7,14,16-17H2,1-5H3/t19?,24-/m0/s1. The second-order valence-corrected chi connectivity index (χ2v) is 11.1. The molecular weight excluding hydrogens is 496 g/mol. The van der Waals surface area contributed by atoms with E-state index in [1.165, 1.54) is 12.1 Å². The van der Waals surface area contributed by atoms with Crippen LogP contribution in [0, 0.1) is 5.92 Å². The highest BCUT2D eigenvalue weighted by Crippen LogP contribution is 2.34. The van der Waals surface area contributed by atoms with Crippen LogP contribution in [-0.4, -0.2) is 61.6 Å². The first-order chi connectivity index (χ1) is 17.6. The lowest BCUT2D eigenvalue weighted by Gasteiger charge is -2.30. The second kappa shape index (κ2) is 12.4. The molecule has 10 nitrogen and oxygen atoms in total. The number of nitrogens with zero attached hydrogens (tertiary/aromatic N) is 3. The summed E-state index contributed by atoms with van der Waals surface area (Å²) in [7, 11) is -4.23. The van der Waals surface area contributed by atoms with E-state index >= 15 is 0 Å². The van der Waals surface area contributed by atoms with Crippen LogP contribution >= 0.6 is 0 Å². The molecule has 3 rings (SSSR count). The van der Waals surface area contributed by atoms with E-state index < -0.39 is 34.5 Å². The number of fused-ring (bicyclic) bond motifs is 1. The zero-order chi connectivity index (χ0) is 27.2. The van der Waals surface area contributed by atoms with E-state index in [-0.39, 0.29) is 36.6 Å². The molecule has 2 aromatic rings. The van der Waals surface area contributed by atoms with Crippen molar-refractivity contribution in [2.24, 2.45) is 5.92 Å². The molecule has 2 atom stereocenters. The van der Waals surface area contributed by atoms with Crippen LogP contribution in [0.4, 0.5) is 11.4 Å². The maximum atomic E-state index is 13.8. The third kappa shape index (κ3) is 6.78. The Morgan fingerprint density at radius 2 is 1.78 bits per heavy atom. The first kappa shape index (κ1) is 28.4. The number of benzene rings is 1. The molecule has 2 heterocycles. The summed E-state index contributed by atoms with van der Waals surface area (Å²) in [4.78, 5) is 31.5. The molecule has 0 radical (unpaired) electrons. The van der Waals surface area contributed by atoms with Gasteiger partial charge < -0.3 is 19.7 Å². The molecule has 0 amide bonds. The van der Waals surface area contributed by atoms with Crippen molar-refractivity contribution in [3.8, 4) is 0 Å². The molecule has 0 saturated heterocycles. The van der Waals surface area contributed by atoms with E-state index in [2.05, 4.69) is 15.2 Å². The summed E-state index contributed by atoms with van der Waals surface area (Å²) in [5.41, 5.74) is 2.86. The summed E-state index contributed by atoms with van der Waals surface area (Å²) < 4.78 is 38.6. The molecule has 1 aromatic carbocycles. The smallest absolute Gasteiger partial charge is 0.324 e. The molecule has 0 aliphatic carbocycles. The number of carbonyl (C=O) groups excluding carboxylic acids is 2. The summed E-state index contributed by atoms with van der Waals surface area (Å²) in [6.07, 6.45) is 3.75. The molecule has 0 bridgehead atoms. The van der Waals surface area contributed by atoms with Crippen LogP contribution in [-0.2, 0) is 35.6 Å². The minimum Gasteiger partial charge on any atom is -0.465 e. The van der Waals surface area contributed by atoms with Gasteiger partial charge in [0, 0.05) is 12.7 Å². The molecule has 11 heteroatoms. The minimum absolute atomic E-state index is 0.0178. The molecule has 1 aliphatic heterocycles. The molecule has 1 aromatic heterocycles. The first-order valence-corrected chi connectivity index (χ1v) is 13.9. The lowest BCUT2D eigenvalue weighted by molar-refractivity contribution is -0.150. The molecule has 202 valence electrons. The highest BCUT2D eigenvalue weighted by atomic mass is 32.2. The van der Waals surface area contributed by atoms with Gasteiger partial charge in [0.1, 0.15) is 12.6 Å². The molecular formula is C26H36N4O6S. The van der Waals surface area contributed by atoms with Crippen molar-refractivity contribution in [3.63, 3.8) is 0 Å². The Hall–Kier alpha value is -3.18. The van der Waals surface area contributed by atoms with Gasteiger partial charge in [-0.3, -0.25) is 14.6 Å². The van der Waals surface area contributed by atoms with Gasteiger partial charge in [-0.1, -0.05) is 26.0 Å². The maximum absolute atomic E-state index is 13.8. The first-order valence-electron chi connectivity index (χ1n) is 12.5. The van der Waals surface area contributed by atoms with Crippen molar-refractivity contribution in [2.45, 2.75) is 64.7 Å². The normalized spacial score (nSPS) is 15.9. The van der Waals surface area contributed by atoms with E-state index in [1.807, 2.05) is 26.8 Å². The van der Waals surface area contributed by atoms with Crippen molar-refractivity contribution >= 4 is 33.3 Å². The van der Waals surface area contributed by atoms with E-state index in [1.54, 1.807) is 38.4 Å². The maximum Gasteiger partial charge on any atom is 0.324 e. The Balaban J connectivity index is 1.90. The van der Waals surface area contributed by atoms with Gasteiger partial charge in [-0.05, 0) is 56.9 Å². The zero-order valence-electron chi connectivity index (χ0n) is 22.0. The average molecular weight is 533 g/mol. The average Bonchev–Trinajstić information content (AvgIpc) is 3.16. The van der Waals surface area contributed by atoms with Crippen LogP contribution in [0.5, 0.6) is 0 Å². The van der Waals surface area contributed by atoms with Crippen LogP contribution in [0.25, 0.3) is 0 Å². The Bertz CT molecular complexity index is 1190. The summed E-state index contributed by atoms with van der Waals surface area (Å²) in [5, 5.41) is 3.37. The number of pyridine rings is 1. The van der Waals surface area contributed by atoms with E-state index in [4.69, 9.17) is 9.47 Å². The molecule has 37 heavy (non-hydrogen) atoms. The van der Waals surface area contributed by atoms with Crippen LogP contribution in [0.2, 0.25) is 0 Å². The SMILES string of the molecule is CCOC(=O)CN([C@@H](CC(C)C)C(=O)OCC)S(=O)(=O)c1ccc(CN2c3ccncc3NC2C)cc1. The lowest BCUT2D eigenvalue weighted by atomic mass is 10.0. The fourth-order valence-corrected chi connectivity index (χ4v) is 5.83. The van der Waals surface area contributed by atoms with Gasteiger partial charge in [-0.2, -0.15) is 4.31 Å². The topological polar surface area (TPSA) is 118 Å². The van der Waals surface area contributed by atoms with E-state index in [9.17, 15) is 18.0 Å². The number of ether oxygens (including phenoxy) is 2. The van der Waals surface area contributed by atoms with Gasteiger partial charge in [0.15, 0.2) is 0 Å². The molecule has 0 spiro atoms. The van der Waals surface area contributed by atoms with Crippen LogP contribution in [0.1, 0.15) is 46.6 Å². The van der Waals surface area contributed by atoms with Crippen LogP contribution in [0.3, 0.4) is 0 Å². The van der Waals surface area contributed by atoms with Gasteiger partial charge in [0.2, 0.25) is 10.0 Å². The van der Waals surface area contributed by atoms with Gasteiger partial charge in [-0.25, -0.2) is 8.42 Å². The minimum atomic E-state index is -4.23. The number of anilines is 2. The second-order valence-electron chi connectivity index (χ2n) is 9.24. The number of hydrogen-bond donors (Lipinski definition) is 1. The number of aromatic nitrogens is 1. The largest absolute Gasteiger partial charge is 0.465 e. The molecule has 1 N–H and O–H groups in total. The Labute approximate surface area is 219 Å². The highest BCUT2D eigenvalue weighted by Gasteiger charge is 2.39. The van der Waals surface area contributed by atoms with Gasteiger partial charge >= 0.3 is 11.9 Å². The molecule has 1 unspecified atom stereocenters. The number of hydrogen-bond acceptors (Lipinski definition) is 9. The molecule has 0 saturated carbocycles. The van der Waals surface area contributed by atoms with Crippen molar-refractivity contribution in [1.29, 1.82) is 0 Å². The third-order valence-electron chi connectivity index (χ3n) is 6.01. The summed E-state index contributed by atoms with van der Waals surface area (Å²) in [6, 6.07) is 7.26. The number of carbonyl (C=O) groups is 2. The van der Waals surface area contributed by atoms with E-state index in [0.29, 0.717) is 6.54 Å². The fourth-order valence-electron chi connectivity index (χ4n) is 4.29. The predicted octanol–water partition coefficient (Wildman–Crippen LogP) is 3.39. The van der Waals surface area contributed by atoms with E-state index in [0.717, 1.165) is 21.2 Å². The highest BCUT2D eigenvalue weighted by molar-refractivity contribution is 7.89. The quantitative estimate of drug-likeness (QED) is 0.410. The number of rotatable bonds is 12. The van der Waals surface area contributed by atoms with Crippen LogP contribution < -0.4 is 10.2 Å². The lowest BCUT2D eigenvalue weighted by Crippen LogP contribution is -2.49. The summed E-state index contributed by atoms with van der Waals surface area (Å²) in [6.45, 7) is 9.23. The summed E-state index contributed by atoms with van der Waals surface area (Å²) in [5.74, 6) is -1.44. The van der Waals surface area contributed by atoms with Gasteiger partial charge in [0.05, 0.1) is 41.8 Å². The van der Waals surface area contributed by atoms with Gasteiger partial charge in [0.25, 0.3) is 0 Å². The molecule has 0 fully saturated rings. The number of esters is 2. The van der Waals surface area contributed by atoms with Crippen molar-refractivity contribution in [2.75, 3.05) is 30.0 Å². The zero-order valence-corrected chi connectivity index (χ0v) is 22.8. The van der Waals surface area contributed by atoms with Crippen molar-refractivity contribution in [3.05, 3.63) is 48.3 Å². The fraction of sp³-hybridized carbons (Fsp3) is 0.500. The number of sulfonamides is 1. The molecule has 1 aliphatic rings. The van der Waals surface area contributed by atoms with Gasteiger partial charge in [-0.15, -0.1) is 0 Å². The Morgan fingerprint density at radius 1 is 1.11 bits per heavy atom. The van der Waals surface area contributed by atoms with Crippen molar-refractivity contribution < 1.29 is 27.5 Å². The monoisotopic (exact) mass is 532 g/mol. The van der Waals surface area contributed by atoms with Crippen molar-refractivity contribution in [1.82, 2.24) is 9.29 Å². The number of nitrogens with one attached hydrogen (secondary N) is 1. The Morgan fingerprint density at radius 3 is 2.41 bits per heavy atom.